The molecule has 6 nitrogen and oxygen atoms in total. The van der Waals surface area contributed by atoms with Gasteiger partial charge in [0.2, 0.25) is 5.91 Å². The highest BCUT2D eigenvalue weighted by Gasteiger charge is 2.14. The molecule has 0 aliphatic carbocycles. The number of carbonyl (C=O) groups is 1. The van der Waals surface area contributed by atoms with E-state index in [9.17, 15) is 4.79 Å². The largest absolute Gasteiger partial charge is 0.485 e. The SMILES string of the molecule is Cc1ccc(NC(=O)CSc2nnc(COc3cc(C)ccc3C(C)C)n2C)c(C)c1. The van der Waals surface area contributed by atoms with Crippen molar-refractivity contribution in [1.82, 2.24) is 14.8 Å². The van der Waals surface area contributed by atoms with Crippen molar-refractivity contribution in [2.24, 2.45) is 7.05 Å². The monoisotopic (exact) mass is 438 g/mol. The van der Waals surface area contributed by atoms with Gasteiger partial charge in [-0.2, -0.15) is 0 Å². The quantitative estimate of drug-likeness (QED) is 0.491. The van der Waals surface area contributed by atoms with E-state index >= 15 is 0 Å². The second-order valence-corrected chi connectivity index (χ2v) is 9.04. The zero-order valence-electron chi connectivity index (χ0n) is 19.0. The molecule has 0 saturated heterocycles. The fourth-order valence-electron chi connectivity index (χ4n) is 3.25. The fraction of sp³-hybridized carbons (Fsp3) is 0.375. The average Bonchev–Trinajstić information content (AvgIpc) is 3.06. The molecule has 0 spiro atoms. The summed E-state index contributed by atoms with van der Waals surface area (Å²) in [6.07, 6.45) is 0. The number of anilines is 1. The lowest BCUT2D eigenvalue weighted by Gasteiger charge is -2.14. The highest BCUT2D eigenvalue weighted by atomic mass is 32.2. The molecule has 164 valence electrons. The summed E-state index contributed by atoms with van der Waals surface area (Å²) < 4.78 is 7.95. The van der Waals surface area contributed by atoms with E-state index in [1.807, 2.05) is 37.6 Å². The van der Waals surface area contributed by atoms with Gasteiger partial charge in [-0.05, 0) is 55.5 Å². The van der Waals surface area contributed by atoms with Gasteiger partial charge in [-0.15, -0.1) is 10.2 Å². The number of rotatable bonds is 8. The number of hydrogen-bond donors (Lipinski definition) is 1. The first-order chi connectivity index (χ1) is 14.7. The van der Waals surface area contributed by atoms with Crippen LogP contribution in [0, 0.1) is 20.8 Å². The summed E-state index contributed by atoms with van der Waals surface area (Å²) in [6, 6.07) is 12.2. The van der Waals surface area contributed by atoms with Crippen LogP contribution in [-0.2, 0) is 18.4 Å². The van der Waals surface area contributed by atoms with Crippen molar-refractivity contribution in [2.45, 2.75) is 52.3 Å². The molecule has 1 amide bonds. The second kappa shape index (κ2) is 10.0. The van der Waals surface area contributed by atoms with E-state index in [0.717, 1.165) is 22.6 Å². The smallest absolute Gasteiger partial charge is 0.234 e. The number of aromatic nitrogens is 3. The molecule has 1 aromatic heterocycles. The van der Waals surface area contributed by atoms with Crippen LogP contribution in [0.15, 0.2) is 41.6 Å². The maximum Gasteiger partial charge on any atom is 0.234 e. The molecular weight excluding hydrogens is 408 g/mol. The molecule has 0 unspecified atom stereocenters. The van der Waals surface area contributed by atoms with E-state index in [1.54, 1.807) is 0 Å². The highest BCUT2D eigenvalue weighted by molar-refractivity contribution is 7.99. The summed E-state index contributed by atoms with van der Waals surface area (Å²) in [5.74, 6) is 2.15. The van der Waals surface area contributed by atoms with Crippen molar-refractivity contribution < 1.29 is 9.53 Å². The van der Waals surface area contributed by atoms with Gasteiger partial charge in [0.25, 0.3) is 0 Å². The van der Waals surface area contributed by atoms with E-state index in [0.29, 0.717) is 23.5 Å². The zero-order valence-corrected chi connectivity index (χ0v) is 19.8. The van der Waals surface area contributed by atoms with Crippen LogP contribution < -0.4 is 10.1 Å². The van der Waals surface area contributed by atoms with Gasteiger partial charge in [0.15, 0.2) is 11.0 Å². The first kappa shape index (κ1) is 22.9. The summed E-state index contributed by atoms with van der Waals surface area (Å²) in [4.78, 5) is 12.4. The summed E-state index contributed by atoms with van der Waals surface area (Å²) in [6.45, 7) is 10.7. The summed E-state index contributed by atoms with van der Waals surface area (Å²) in [5, 5.41) is 12.1. The van der Waals surface area contributed by atoms with Crippen molar-refractivity contribution >= 4 is 23.4 Å². The van der Waals surface area contributed by atoms with E-state index < -0.39 is 0 Å². The van der Waals surface area contributed by atoms with E-state index in [4.69, 9.17) is 4.74 Å². The van der Waals surface area contributed by atoms with Gasteiger partial charge in [-0.3, -0.25) is 4.79 Å². The van der Waals surface area contributed by atoms with Crippen molar-refractivity contribution in [3.05, 3.63) is 64.5 Å². The molecule has 0 radical (unpaired) electrons. The van der Waals surface area contributed by atoms with Crippen LogP contribution in [0.5, 0.6) is 5.75 Å². The number of hydrogen-bond acceptors (Lipinski definition) is 5. The van der Waals surface area contributed by atoms with Crippen LogP contribution in [0.1, 0.15) is 47.8 Å². The predicted octanol–water partition coefficient (Wildman–Crippen LogP) is 5.17. The third-order valence-electron chi connectivity index (χ3n) is 5.06. The molecule has 0 aliphatic heterocycles. The highest BCUT2D eigenvalue weighted by Crippen LogP contribution is 2.28. The van der Waals surface area contributed by atoms with Gasteiger partial charge in [0, 0.05) is 12.7 Å². The molecule has 1 N–H and O–H groups in total. The van der Waals surface area contributed by atoms with Crippen LogP contribution in [-0.4, -0.2) is 26.4 Å². The third-order valence-corrected chi connectivity index (χ3v) is 6.08. The van der Waals surface area contributed by atoms with E-state index in [2.05, 4.69) is 60.6 Å². The minimum absolute atomic E-state index is 0.0703. The Hall–Kier alpha value is -2.80. The minimum atomic E-state index is -0.0703. The van der Waals surface area contributed by atoms with Crippen molar-refractivity contribution in [1.29, 1.82) is 0 Å². The van der Waals surface area contributed by atoms with Crippen LogP contribution in [0.25, 0.3) is 0 Å². The molecule has 3 aromatic rings. The normalized spacial score (nSPS) is 11.1. The average molecular weight is 439 g/mol. The van der Waals surface area contributed by atoms with Crippen molar-refractivity contribution in [3.63, 3.8) is 0 Å². The van der Waals surface area contributed by atoms with Crippen LogP contribution >= 0.6 is 11.8 Å². The van der Waals surface area contributed by atoms with Gasteiger partial charge < -0.3 is 14.6 Å². The maximum atomic E-state index is 12.4. The lowest BCUT2D eigenvalue weighted by atomic mass is 10.0. The molecule has 1 heterocycles. The van der Waals surface area contributed by atoms with Crippen molar-refractivity contribution in [3.8, 4) is 5.75 Å². The Kier molecular flexibility index (Phi) is 7.38. The topological polar surface area (TPSA) is 69.0 Å². The minimum Gasteiger partial charge on any atom is -0.485 e. The molecule has 31 heavy (non-hydrogen) atoms. The second-order valence-electron chi connectivity index (χ2n) is 8.10. The standard InChI is InChI=1S/C24H30N4O2S/c1-15(2)19-9-7-17(4)12-21(19)30-13-22-26-27-24(28(22)6)31-14-23(29)25-20-10-8-16(3)11-18(20)5/h7-12,15H,13-14H2,1-6H3,(H,25,29). The molecule has 0 fully saturated rings. The molecule has 7 heteroatoms. The molecule has 3 rings (SSSR count). The Labute approximate surface area is 188 Å². The summed E-state index contributed by atoms with van der Waals surface area (Å²) in [5.41, 5.74) is 5.38. The van der Waals surface area contributed by atoms with E-state index in [-0.39, 0.29) is 11.7 Å². The number of benzene rings is 2. The summed E-state index contributed by atoms with van der Waals surface area (Å²) >= 11 is 1.36. The number of nitrogens with zero attached hydrogens (tertiary/aromatic N) is 3. The Morgan fingerprint density at radius 1 is 1.10 bits per heavy atom. The molecule has 0 atom stereocenters. The Bertz CT molecular complexity index is 1080. The zero-order chi connectivity index (χ0) is 22.5. The molecule has 0 saturated carbocycles. The van der Waals surface area contributed by atoms with Gasteiger partial charge in [0.05, 0.1) is 5.75 Å². The van der Waals surface area contributed by atoms with Gasteiger partial charge in [-0.25, -0.2) is 0 Å². The number of thioether (sulfide) groups is 1. The lowest BCUT2D eigenvalue weighted by Crippen LogP contribution is -2.15. The van der Waals surface area contributed by atoms with Gasteiger partial charge in [0.1, 0.15) is 12.4 Å². The van der Waals surface area contributed by atoms with Crippen LogP contribution in [0.3, 0.4) is 0 Å². The molecule has 0 bridgehead atoms. The number of carbonyl (C=O) groups excluding carboxylic acids is 1. The molecule has 2 aromatic carbocycles. The number of nitrogens with one attached hydrogen (secondary N) is 1. The Morgan fingerprint density at radius 3 is 2.52 bits per heavy atom. The van der Waals surface area contributed by atoms with Crippen LogP contribution in [0.2, 0.25) is 0 Å². The Balaban J connectivity index is 1.59. The van der Waals surface area contributed by atoms with E-state index in [1.165, 1.54) is 22.9 Å². The first-order valence-electron chi connectivity index (χ1n) is 10.4. The maximum absolute atomic E-state index is 12.4. The third kappa shape index (κ3) is 5.88. The number of aryl methyl sites for hydroxylation is 3. The molecule has 0 aliphatic rings. The summed E-state index contributed by atoms with van der Waals surface area (Å²) in [7, 11) is 1.89. The van der Waals surface area contributed by atoms with Gasteiger partial charge in [-0.1, -0.05) is 55.4 Å². The van der Waals surface area contributed by atoms with Gasteiger partial charge >= 0.3 is 0 Å². The number of amides is 1. The number of ether oxygens (including phenoxy) is 1. The van der Waals surface area contributed by atoms with Crippen LogP contribution in [0.4, 0.5) is 5.69 Å². The molecular formula is C24H30N4O2S. The fourth-order valence-corrected chi connectivity index (χ4v) is 3.98. The Morgan fingerprint density at radius 2 is 1.81 bits per heavy atom. The van der Waals surface area contributed by atoms with Crippen molar-refractivity contribution in [2.75, 3.05) is 11.1 Å². The predicted molar refractivity (Wildman–Crippen MR) is 126 cm³/mol. The first-order valence-corrected chi connectivity index (χ1v) is 11.3. The lowest BCUT2D eigenvalue weighted by molar-refractivity contribution is -0.113.